The number of hydrogen-bond acceptors (Lipinski definition) is 4. The van der Waals surface area contributed by atoms with Gasteiger partial charge in [-0.05, 0) is 25.5 Å². The number of unbranched alkanes of at least 4 members (excludes halogenated alkanes) is 2. The molecular weight excluding hydrogens is 220 g/mol. The molecular formula is C13H18O4. The van der Waals surface area contributed by atoms with Gasteiger partial charge in [0.1, 0.15) is 18.3 Å². The van der Waals surface area contributed by atoms with Crippen LogP contribution in [0.4, 0.5) is 0 Å². The number of aliphatic hydroxyl groups is 1. The maximum atomic E-state index is 9.56. The summed E-state index contributed by atoms with van der Waals surface area (Å²) in [4.78, 5) is 19.1. The third kappa shape index (κ3) is 10.6. The molecule has 0 bridgehead atoms. The molecule has 1 N–H and O–H groups in total. The molecule has 0 heterocycles. The summed E-state index contributed by atoms with van der Waals surface area (Å²) < 4.78 is 4.97. The molecule has 0 saturated carbocycles. The minimum Gasteiger partial charge on any atom is -0.465 e. The standard InChI is InChI=1S/C8H10O2.C5H8O2/c1-7(9)10-8-5-3-2-4-6-8;6-4-2-1-3-5-7/h2-7,9H,1H3;4-5H,1-3H2. The summed E-state index contributed by atoms with van der Waals surface area (Å²) in [5.74, 6) is 0.692. The van der Waals surface area contributed by atoms with E-state index >= 15 is 0 Å². The van der Waals surface area contributed by atoms with Crippen molar-refractivity contribution in [2.75, 3.05) is 0 Å². The molecule has 4 heteroatoms. The van der Waals surface area contributed by atoms with E-state index in [1.807, 2.05) is 18.2 Å². The number of rotatable bonds is 6. The van der Waals surface area contributed by atoms with E-state index < -0.39 is 6.29 Å². The number of aldehydes is 2. The molecule has 1 aromatic rings. The molecule has 0 aliphatic rings. The first-order valence-electron chi connectivity index (χ1n) is 5.47. The van der Waals surface area contributed by atoms with Gasteiger partial charge in [-0.2, -0.15) is 0 Å². The SMILES string of the molecule is CC(O)Oc1ccccc1.O=CCCCC=O. The van der Waals surface area contributed by atoms with E-state index in [2.05, 4.69) is 0 Å². The van der Waals surface area contributed by atoms with E-state index in [1.54, 1.807) is 19.1 Å². The fourth-order valence-electron chi connectivity index (χ4n) is 0.981. The predicted molar refractivity (Wildman–Crippen MR) is 64.7 cm³/mol. The van der Waals surface area contributed by atoms with Crippen LogP contribution in [-0.2, 0) is 9.59 Å². The number of ether oxygens (including phenoxy) is 1. The Morgan fingerprint density at radius 1 is 1.18 bits per heavy atom. The molecule has 0 spiro atoms. The maximum absolute atomic E-state index is 9.56. The van der Waals surface area contributed by atoms with E-state index in [-0.39, 0.29) is 0 Å². The van der Waals surface area contributed by atoms with Gasteiger partial charge in [0.15, 0.2) is 6.29 Å². The number of benzene rings is 1. The average molecular weight is 238 g/mol. The smallest absolute Gasteiger partial charge is 0.194 e. The average Bonchev–Trinajstić information content (AvgIpc) is 2.31. The van der Waals surface area contributed by atoms with Crippen molar-refractivity contribution in [3.8, 4) is 5.75 Å². The number of carbonyl (C=O) groups is 2. The molecule has 94 valence electrons. The van der Waals surface area contributed by atoms with Crippen LogP contribution in [0.5, 0.6) is 5.75 Å². The zero-order chi connectivity index (χ0) is 12.9. The Kier molecular flexibility index (Phi) is 9.76. The fourth-order valence-corrected chi connectivity index (χ4v) is 0.981. The minimum atomic E-state index is -0.734. The van der Waals surface area contributed by atoms with Crippen LogP contribution in [0.2, 0.25) is 0 Å². The molecule has 0 aliphatic carbocycles. The monoisotopic (exact) mass is 238 g/mol. The topological polar surface area (TPSA) is 63.6 Å². The first-order valence-corrected chi connectivity index (χ1v) is 5.47. The molecule has 4 nitrogen and oxygen atoms in total. The predicted octanol–water partition coefficient (Wildman–Crippen LogP) is 1.96. The van der Waals surface area contributed by atoms with Gasteiger partial charge in [0, 0.05) is 12.8 Å². The van der Waals surface area contributed by atoms with Crippen molar-refractivity contribution in [2.45, 2.75) is 32.5 Å². The van der Waals surface area contributed by atoms with E-state index in [0.717, 1.165) is 12.6 Å². The van der Waals surface area contributed by atoms with Gasteiger partial charge < -0.3 is 19.4 Å². The lowest BCUT2D eigenvalue weighted by Crippen LogP contribution is -2.08. The first-order chi connectivity index (χ1) is 8.20. The van der Waals surface area contributed by atoms with Gasteiger partial charge in [0.2, 0.25) is 0 Å². The van der Waals surface area contributed by atoms with Crippen molar-refractivity contribution in [1.29, 1.82) is 0 Å². The van der Waals surface area contributed by atoms with E-state index in [0.29, 0.717) is 25.0 Å². The summed E-state index contributed by atoms with van der Waals surface area (Å²) in [7, 11) is 0. The summed E-state index contributed by atoms with van der Waals surface area (Å²) >= 11 is 0. The number of para-hydroxylation sites is 1. The second-order valence-corrected chi connectivity index (χ2v) is 3.29. The zero-order valence-corrected chi connectivity index (χ0v) is 9.91. The third-order valence-corrected chi connectivity index (χ3v) is 1.69. The molecule has 0 saturated heterocycles. The maximum Gasteiger partial charge on any atom is 0.194 e. The van der Waals surface area contributed by atoms with E-state index in [1.165, 1.54) is 0 Å². The Morgan fingerprint density at radius 3 is 2.12 bits per heavy atom. The Morgan fingerprint density at radius 2 is 1.71 bits per heavy atom. The Hall–Kier alpha value is -1.68. The second-order valence-electron chi connectivity index (χ2n) is 3.29. The van der Waals surface area contributed by atoms with Crippen molar-refractivity contribution in [3.05, 3.63) is 30.3 Å². The molecule has 0 aromatic heterocycles. The lowest BCUT2D eigenvalue weighted by Gasteiger charge is -2.06. The quantitative estimate of drug-likeness (QED) is 0.467. The van der Waals surface area contributed by atoms with Crippen molar-refractivity contribution >= 4 is 12.6 Å². The van der Waals surface area contributed by atoms with Crippen molar-refractivity contribution in [2.24, 2.45) is 0 Å². The summed E-state index contributed by atoms with van der Waals surface area (Å²) in [6.45, 7) is 1.58. The Balaban J connectivity index is 0.000000325. The minimum absolute atomic E-state index is 0.513. The lowest BCUT2D eigenvalue weighted by atomic mass is 10.3. The van der Waals surface area contributed by atoms with Crippen LogP contribution in [-0.4, -0.2) is 24.0 Å². The number of carbonyl (C=O) groups excluding carboxylic acids is 2. The van der Waals surface area contributed by atoms with Gasteiger partial charge in [-0.1, -0.05) is 18.2 Å². The van der Waals surface area contributed by atoms with Crippen LogP contribution in [0.15, 0.2) is 30.3 Å². The molecule has 0 fully saturated rings. The van der Waals surface area contributed by atoms with Gasteiger partial charge in [0.05, 0.1) is 0 Å². The highest BCUT2D eigenvalue weighted by atomic mass is 16.6. The molecule has 0 amide bonds. The summed E-state index contributed by atoms with van der Waals surface area (Å²) in [5, 5.41) is 8.78. The van der Waals surface area contributed by atoms with E-state index in [4.69, 9.17) is 9.84 Å². The summed E-state index contributed by atoms with van der Waals surface area (Å²) in [6.07, 6.45) is 2.64. The highest BCUT2D eigenvalue weighted by Gasteiger charge is 1.94. The molecule has 1 rings (SSSR count). The third-order valence-electron chi connectivity index (χ3n) is 1.69. The zero-order valence-electron chi connectivity index (χ0n) is 9.91. The fraction of sp³-hybridized carbons (Fsp3) is 0.385. The van der Waals surface area contributed by atoms with Gasteiger partial charge in [-0.3, -0.25) is 0 Å². The van der Waals surface area contributed by atoms with E-state index in [9.17, 15) is 9.59 Å². The Labute approximate surface area is 101 Å². The molecule has 1 aromatic carbocycles. The van der Waals surface area contributed by atoms with Gasteiger partial charge in [-0.25, -0.2) is 0 Å². The number of aliphatic hydroxyl groups excluding tert-OH is 1. The van der Waals surface area contributed by atoms with Gasteiger partial charge in [-0.15, -0.1) is 0 Å². The second kappa shape index (κ2) is 10.8. The van der Waals surface area contributed by atoms with Crippen LogP contribution in [0.1, 0.15) is 26.2 Å². The lowest BCUT2D eigenvalue weighted by molar-refractivity contribution is -0.108. The van der Waals surface area contributed by atoms with Crippen LogP contribution < -0.4 is 4.74 Å². The van der Waals surface area contributed by atoms with Crippen LogP contribution in [0.3, 0.4) is 0 Å². The van der Waals surface area contributed by atoms with Crippen molar-refractivity contribution in [1.82, 2.24) is 0 Å². The highest BCUT2D eigenvalue weighted by Crippen LogP contribution is 2.09. The normalized spacial score (nSPS) is 10.7. The van der Waals surface area contributed by atoms with Gasteiger partial charge >= 0.3 is 0 Å². The number of hydrogen-bond donors (Lipinski definition) is 1. The molecule has 1 atom stereocenters. The molecule has 17 heavy (non-hydrogen) atoms. The summed E-state index contributed by atoms with van der Waals surface area (Å²) in [5.41, 5.74) is 0. The molecule has 1 unspecified atom stereocenters. The summed E-state index contributed by atoms with van der Waals surface area (Å²) in [6, 6.07) is 9.21. The van der Waals surface area contributed by atoms with Gasteiger partial charge in [0.25, 0.3) is 0 Å². The van der Waals surface area contributed by atoms with Crippen LogP contribution >= 0.6 is 0 Å². The van der Waals surface area contributed by atoms with Crippen LogP contribution in [0.25, 0.3) is 0 Å². The molecule has 0 radical (unpaired) electrons. The first kappa shape index (κ1) is 15.3. The Bertz CT molecular complexity index is 288. The highest BCUT2D eigenvalue weighted by molar-refractivity contribution is 5.52. The van der Waals surface area contributed by atoms with Crippen LogP contribution in [0, 0.1) is 0 Å². The van der Waals surface area contributed by atoms with Crippen molar-refractivity contribution in [3.63, 3.8) is 0 Å². The molecule has 0 aliphatic heterocycles. The van der Waals surface area contributed by atoms with Crippen molar-refractivity contribution < 1.29 is 19.4 Å². The largest absolute Gasteiger partial charge is 0.465 e.